The fourth-order valence-corrected chi connectivity index (χ4v) is 1.88. The molecule has 0 aliphatic carbocycles. The van der Waals surface area contributed by atoms with Gasteiger partial charge in [-0.15, -0.1) is 13.2 Å². The van der Waals surface area contributed by atoms with Crippen molar-refractivity contribution in [3.05, 3.63) is 47.2 Å². The maximum atomic E-state index is 13.2. The molecule has 0 saturated heterocycles. The van der Waals surface area contributed by atoms with Crippen molar-refractivity contribution >= 4 is 11.6 Å². The highest BCUT2D eigenvalue weighted by molar-refractivity contribution is 6.30. The Labute approximate surface area is 116 Å². The number of ether oxygens (including phenoxy) is 1. The normalized spacial score (nSPS) is 11.4. The van der Waals surface area contributed by atoms with Gasteiger partial charge in [-0.2, -0.15) is 0 Å². The second-order valence-corrected chi connectivity index (χ2v) is 4.36. The van der Waals surface area contributed by atoms with Crippen molar-refractivity contribution < 1.29 is 27.4 Å². The number of hydrogen-bond donors (Lipinski definition) is 1. The maximum absolute atomic E-state index is 13.2. The van der Waals surface area contributed by atoms with E-state index < -0.39 is 23.7 Å². The molecule has 0 saturated carbocycles. The number of benzene rings is 2. The number of phenolic OH excluding ortho intramolecular Hbond substituents is 1. The Morgan fingerprint density at radius 3 is 2.20 bits per heavy atom. The molecule has 2 nitrogen and oxygen atoms in total. The van der Waals surface area contributed by atoms with Crippen LogP contribution >= 0.6 is 11.6 Å². The quantitative estimate of drug-likeness (QED) is 0.811. The van der Waals surface area contributed by atoms with E-state index in [0.29, 0.717) is 0 Å². The summed E-state index contributed by atoms with van der Waals surface area (Å²) in [5.41, 5.74) is 0.364. The van der Waals surface area contributed by atoms with E-state index in [1.54, 1.807) is 0 Å². The van der Waals surface area contributed by atoms with Gasteiger partial charge in [-0.25, -0.2) is 4.39 Å². The lowest BCUT2D eigenvalue weighted by Gasteiger charge is -2.11. The van der Waals surface area contributed by atoms with Crippen molar-refractivity contribution in [2.75, 3.05) is 0 Å². The Morgan fingerprint density at radius 1 is 0.950 bits per heavy atom. The summed E-state index contributed by atoms with van der Waals surface area (Å²) in [6.45, 7) is 0. The van der Waals surface area contributed by atoms with Crippen LogP contribution in [0.5, 0.6) is 11.5 Å². The zero-order chi connectivity index (χ0) is 14.9. The minimum Gasteiger partial charge on any atom is -0.508 e. The van der Waals surface area contributed by atoms with Crippen LogP contribution in [-0.4, -0.2) is 11.5 Å². The van der Waals surface area contributed by atoms with Gasteiger partial charge in [0.15, 0.2) is 0 Å². The Bertz CT molecular complexity index is 621. The molecule has 0 aliphatic heterocycles. The first kappa shape index (κ1) is 14.5. The summed E-state index contributed by atoms with van der Waals surface area (Å²) in [4.78, 5) is 0. The van der Waals surface area contributed by atoms with Crippen molar-refractivity contribution in [1.29, 1.82) is 0 Å². The molecule has 2 aromatic rings. The molecule has 0 unspecified atom stereocenters. The van der Waals surface area contributed by atoms with Crippen molar-refractivity contribution in [2.45, 2.75) is 6.36 Å². The summed E-state index contributed by atoms with van der Waals surface area (Å²) in [5.74, 6) is -1.69. The van der Waals surface area contributed by atoms with Gasteiger partial charge in [0.25, 0.3) is 0 Å². The van der Waals surface area contributed by atoms with Gasteiger partial charge in [0.05, 0.1) is 0 Å². The van der Waals surface area contributed by atoms with Gasteiger partial charge in [-0.1, -0.05) is 11.6 Å². The first-order chi connectivity index (χ1) is 9.23. The average molecular weight is 307 g/mol. The summed E-state index contributed by atoms with van der Waals surface area (Å²) >= 11 is 5.67. The lowest BCUT2D eigenvalue weighted by molar-refractivity contribution is -0.274. The van der Waals surface area contributed by atoms with Gasteiger partial charge in [-0.05, 0) is 41.5 Å². The summed E-state index contributed by atoms with van der Waals surface area (Å²) < 4.78 is 53.4. The average Bonchev–Trinajstić information content (AvgIpc) is 2.24. The zero-order valence-corrected chi connectivity index (χ0v) is 10.5. The summed E-state index contributed by atoms with van der Waals surface area (Å²) in [6, 6.07) is 6.50. The number of phenols is 1. The second-order valence-electron chi connectivity index (χ2n) is 3.92. The summed E-state index contributed by atoms with van der Waals surface area (Å²) in [7, 11) is 0. The lowest BCUT2D eigenvalue weighted by atomic mass is 10.0. The van der Waals surface area contributed by atoms with E-state index in [9.17, 15) is 22.7 Å². The highest BCUT2D eigenvalue weighted by Crippen LogP contribution is 2.33. The van der Waals surface area contributed by atoms with E-state index in [2.05, 4.69) is 4.74 Å². The van der Waals surface area contributed by atoms with Crippen molar-refractivity contribution in [2.24, 2.45) is 0 Å². The second kappa shape index (κ2) is 5.20. The van der Waals surface area contributed by atoms with Gasteiger partial charge in [-0.3, -0.25) is 0 Å². The molecule has 2 rings (SSSR count). The molecular formula is C13H7ClF4O2. The molecule has 0 spiro atoms. The van der Waals surface area contributed by atoms with E-state index >= 15 is 0 Å². The molecule has 7 heteroatoms. The molecule has 0 heterocycles. The van der Waals surface area contributed by atoms with Gasteiger partial charge in [0.2, 0.25) is 0 Å². The van der Waals surface area contributed by atoms with Crippen LogP contribution in [0.25, 0.3) is 11.1 Å². The van der Waals surface area contributed by atoms with Crippen LogP contribution in [0.1, 0.15) is 0 Å². The topological polar surface area (TPSA) is 29.5 Å². The Morgan fingerprint density at radius 2 is 1.60 bits per heavy atom. The third-order valence-corrected chi connectivity index (χ3v) is 2.54. The lowest BCUT2D eigenvalue weighted by Crippen LogP contribution is -2.17. The van der Waals surface area contributed by atoms with Gasteiger partial charge < -0.3 is 9.84 Å². The standard InChI is InChI=1S/C13H7ClF4O2/c14-9-1-7(2-10(15)5-9)8-3-11(19)6-12(4-8)20-13(16,17)18/h1-6,19H. The first-order valence-electron chi connectivity index (χ1n) is 5.29. The highest BCUT2D eigenvalue weighted by Gasteiger charge is 2.31. The molecule has 0 atom stereocenters. The van der Waals surface area contributed by atoms with Crippen LogP contribution in [0.15, 0.2) is 36.4 Å². The first-order valence-corrected chi connectivity index (χ1v) is 5.67. The van der Waals surface area contributed by atoms with Crippen LogP contribution in [0.3, 0.4) is 0 Å². The number of halogens is 5. The van der Waals surface area contributed by atoms with Crippen LogP contribution in [0.2, 0.25) is 5.02 Å². The van der Waals surface area contributed by atoms with Gasteiger partial charge in [0, 0.05) is 11.1 Å². The van der Waals surface area contributed by atoms with Crippen LogP contribution in [0, 0.1) is 5.82 Å². The molecule has 0 fully saturated rings. The van der Waals surface area contributed by atoms with Crippen molar-refractivity contribution in [3.8, 4) is 22.6 Å². The minimum absolute atomic E-state index is 0.0848. The molecule has 1 N–H and O–H groups in total. The molecule has 0 aromatic heterocycles. The molecule has 0 amide bonds. The maximum Gasteiger partial charge on any atom is 0.573 e. The van der Waals surface area contributed by atoms with Crippen LogP contribution in [-0.2, 0) is 0 Å². The SMILES string of the molecule is Oc1cc(OC(F)(F)F)cc(-c2cc(F)cc(Cl)c2)c1. The number of rotatable bonds is 2. The Kier molecular flexibility index (Phi) is 3.76. The zero-order valence-electron chi connectivity index (χ0n) is 9.71. The smallest absolute Gasteiger partial charge is 0.508 e. The summed E-state index contributed by atoms with van der Waals surface area (Å²) in [5, 5.41) is 9.50. The number of hydrogen-bond acceptors (Lipinski definition) is 2. The molecule has 0 bridgehead atoms. The van der Waals surface area contributed by atoms with Crippen molar-refractivity contribution in [3.63, 3.8) is 0 Å². The molecular weight excluding hydrogens is 300 g/mol. The largest absolute Gasteiger partial charge is 0.573 e. The van der Waals surface area contributed by atoms with Gasteiger partial charge in [0.1, 0.15) is 17.3 Å². The molecule has 0 aliphatic rings. The Hall–Kier alpha value is -1.95. The fraction of sp³-hybridized carbons (Fsp3) is 0.0769. The van der Waals surface area contributed by atoms with E-state index in [1.807, 2.05) is 0 Å². The third kappa shape index (κ3) is 3.77. The number of aromatic hydroxyl groups is 1. The van der Waals surface area contributed by atoms with Crippen LogP contribution < -0.4 is 4.74 Å². The van der Waals surface area contributed by atoms with E-state index in [4.69, 9.17) is 11.6 Å². The molecule has 20 heavy (non-hydrogen) atoms. The molecule has 106 valence electrons. The highest BCUT2D eigenvalue weighted by atomic mass is 35.5. The number of alkyl halides is 3. The van der Waals surface area contributed by atoms with E-state index in [1.165, 1.54) is 12.1 Å². The minimum atomic E-state index is -4.88. The predicted molar refractivity (Wildman–Crippen MR) is 65.2 cm³/mol. The molecule has 0 radical (unpaired) electrons. The van der Waals surface area contributed by atoms with E-state index in [0.717, 1.165) is 24.3 Å². The van der Waals surface area contributed by atoms with Crippen LogP contribution in [0.4, 0.5) is 17.6 Å². The van der Waals surface area contributed by atoms with Gasteiger partial charge >= 0.3 is 6.36 Å². The third-order valence-electron chi connectivity index (χ3n) is 2.32. The van der Waals surface area contributed by atoms with Crippen molar-refractivity contribution in [1.82, 2.24) is 0 Å². The molecule has 2 aromatic carbocycles. The fourth-order valence-electron chi connectivity index (χ4n) is 1.66. The Balaban J connectivity index is 2.46. The summed E-state index contributed by atoms with van der Waals surface area (Å²) in [6.07, 6.45) is -4.88. The van der Waals surface area contributed by atoms with E-state index in [-0.39, 0.29) is 16.1 Å². The monoisotopic (exact) mass is 306 g/mol. The predicted octanol–water partition coefficient (Wildman–Crippen LogP) is 4.75.